The maximum Gasteiger partial charge on any atom is 0.246 e. The van der Waals surface area contributed by atoms with Crippen molar-refractivity contribution in [1.82, 2.24) is 10.2 Å². The van der Waals surface area contributed by atoms with Gasteiger partial charge in [0.05, 0.1) is 6.07 Å². The lowest BCUT2D eigenvalue weighted by Gasteiger charge is -2.31. The summed E-state index contributed by atoms with van der Waals surface area (Å²) in [5, 5.41) is 11.3. The third-order valence-corrected chi connectivity index (χ3v) is 4.32. The van der Waals surface area contributed by atoms with Crippen LogP contribution in [-0.2, 0) is 9.59 Å². The fraction of sp³-hybridized carbons (Fsp3) is 0.688. The number of nitriles is 1. The van der Waals surface area contributed by atoms with Crippen LogP contribution in [0.2, 0.25) is 0 Å². The number of nitrogens with one attached hydrogen (secondary N) is 1. The molecule has 5 nitrogen and oxygen atoms in total. The minimum Gasteiger partial charge on any atom is -0.352 e. The van der Waals surface area contributed by atoms with Gasteiger partial charge in [-0.2, -0.15) is 5.26 Å². The van der Waals surface area contributed by atoms with Gasteiger partial charge in [0.2, 0.25) is 11.8 Å². The van der Waals surface area contributed by atoms with Crippen LogP contribution in [0.5, 0.6) is 0 Å². The maximum absolute atomic E-state index is 12.1. The number of amides is 2. The Balaban J connectivity index is 1.71. The third-order valence-electron chi connectivity index (χ3n) is 4.32. The predicted molar refractivity (Wildman–Crippen MR) is 79.1 cm³/mol. The predicted octanol–water partition coefficient (Wildman–Crippen LogP) is 1.75. The van der Waals surface area contributed by atoms with Gasteiger partial charge in [-0.1, -0.05) is 18.9 Å². The molecule has 5 heteroatoms. The maximum atomic E-state index is 12.1. The zero-order valence-electron chi connectivity index (χ0n) is 12.4. The van der Waals surface area contributed by atoms with Crippen molar-refractivity contribution in [3.63, 3.8) is 0 Å². The minimum atomic E-state index is -0.219. The van der Waals surface area contributed by atoms with E-state index in [0.717, 1.165) is 12.8 Å². The largest absolute Gasteiger partial charge is 0.352 e. The molecule has 2 fully saturated rings. The average Bonchev–Trinajstić information content (AvgIpc) is 2.99. The van der Waals surface area contributed by atoms with Gasteiger partial charge in [-0.25, -0.2) is 0 Å². The lowest BCUT2D eigenvalue weighted by molar-refractivity contribution is -0.127. The van der Waals surface area contributed by atoms with Gasteiger partial charge in [-0.05, 0) is 37.7 Å². The molecule has 2 aliphatic rings. The third kappa shape index (κ3) is 4.89. The van der Waals surface area contributed by atoms with Crippen LogP contribution in [0.4, 0.5) is 0 Å². The summed E-state index contributed by atoms with van der Waals surface area (Å²) < 4.78 is 0. The highest BCUT2D eigenvalue weighted by atomic mass is 16.2. The number of hydrogen-bond donors (Lipinski definition) is 1. The van der Waals surface area contributed by atoms with E-state index in [-0.39, 0.29) is 24.3 Å². The molecule has 1 N–H and O–H groups in total. The number of likely N-dealkylation sites (tertiary alicyclic amines) is 1. The molecule has 0 aromatic carbocycles. The van der Waals surface area contributed by atoms with Gasteiger partial charge < -0.3 is 10.2 Å². The van der Waals surface area contributed by atoms with Crippen LogP contribution >= 0.6 is 0 Å². The van der Waals surface area contributed by atoms with E-state index in [0.29, 0.717) is 19.0 Å². The van der Waals surface area contributed by atoms with E-state index in [1.54, 1.807) is 6.08 Å². The molecule has 1 saturated carbocycles. The Morgan fingerprint density at radius 2 is 1.86 bits per heavy atom. The Hall–Kier alpha value is -1.83. The van der Waals surface area contributed by atoms with Crippen molar-refractivity contribution in [2.24, 2.45) is 5.92 Å². The number of carbonyl (C=O) groups is 2. The Kier molecular flexibility index (Phi) is 5.79. The van der Waals surface area contributed by atoms with Crippen molar-refractivity contribution in [3.05, 3.63) is 12.2 Å². The molecule has 0 spiro atoms. The Morgan fingerprint density at radius 3 is 2.48 bits per heavy atom. The highest BCUT2D eigenvalue weighted by molar-refractivity contribution is 5.87. The van der Waals surface area contributed by atoms with Crippen molar-refractivity contribution in [2.75, 3.05) is 13.1 Å². The first-order valence-electron chi connectivity index (χ1n) is 7.82. The molecular formula is C16H23N3O2. The van der Waals surface area contributed by atoms with Crippen molar-refractivity contribution in [2.45, 2.75) is 51.0 Å². The highest BCUT2D eigenvalue weighted by Gasteiger charge is 2.22. The molecule has 0 radical (unpaired) electrons. The van der Waals surface area contributed by atoms with Crippen LogP contribution in [-0.4, -0.2) is 35.8 Å². The number of carbonyl (C=O) groups excluding carboxylic acids is 2. The summed E-state index contributed by atoms with van der Waals surface area (Å²) in [6.45, 7) is 1.34. The molecule has 1 saturated heterocycles. The monoisotopic (exact) mass is 289 g/mol. The van der Waals surface area contributed by atoms with Crippen LogP contribution in [0.3, 0.4) is 0 Å². The second-order valence-electron chi connectivity index (χ2n) is 5.91. The van der Waals surface area contributed by atoms with E-state index in [4.69, 9.17) is 5.26 Å². The molecule has 1 heterocycles. The van der Waals surface area contributed by atoms with Crippen molar-refractivity contribution < 1.29 is 9.59 Å². The molecule has 0 atom stereocenters. The molecule has 0 aromatic heterocycles. The number of piperidine rings is 1. The second kappa shape index (κ2) is 7.82. The second-order valence-corrected chi connectivity index (χ2v) is 5.91. The number of hydrogen-bond acceptors (Lipinski definition) is 3. The first-order valence-corrected chi connectivity index (χ1v) is 7.82. The van der Waals surface area contributed by atoms with E-state index in [1.807, 2.05) is 11.0 Å². The van der Waals surface area contributed by atoms with Crippen LogP contribution in [0.15, 0.2) is 12.2 Å². The molecular weight excluding hydrogens is 266 g/mol. The van der Waals surface area contributed by atoms with E-state index in [1.165, 1.54) is 25.7 Å². The van der Waals surface area contributed by atoms with Gasteiger partial charge in [0.1, 0.15) is 6.42 Å². The standard InChI is InChI=1S/C16H23N3O2/c17-10-7-15(20)18-14-8-11-19(12-9-14)16(21)6-5-13-3-1-2-4-13/h5-6,13-14H,1-4,7-9,11-12H2,(H,18,20)/b6-5+. The van der Waals surface area contributed by atoms with Gasteiger partial charge in [0.15, 0.2) is 0 Å². The first-order chi connectivity index (χ1) is 10.2. The van der Waals surface area contributed by atoms with E-state index in [9.17, 15) is 9.59 Å². The molecule has 21 heavy (non-hydrogen) atoms. The minimum absolute atomic E-state index is 0.0868. The van der Waals surface area contributed by atoms with Crippen LogP contribution in [0, 0.1) is 17.2 Å². The molecule has 1 aliphatic heterocycles. The SMILES string of the molecule is N#CCC(=O)NC1CCN(C(=O)/C=C/C2CCCC2)CC1. The molecule has 1 aliphatic carbocycles. The molecule has 0 aromatic rings. The topological polar surface area (TPSA) is 73.2 Å². The van der Waals surface area contributed by atoms with Gasteiger partial charge in [-0.15, -0.1) is 0 Å². The van der Waals surface area contributed by atoms with Crippen LogP contribution in [0.1, 0.15) is 44.9 Å². The lowest BCUT2D eigenvalue weighted by atomic mass is 10.0. The molecule has 2 amide bonds. The smallest absolute Gasteiger partial charge is 0.246 e. The van der Waals surface area contributed by atoms with Crippen molar-refractivity contribution in [3.8, 4) is 6.07 Å². The zero-order valence-corrected chi connectivity index (χ0v) is 12.4. The quantitative estimate of drug-likeness (QED) is 0.801. The van der Waals surface area contributed by atoms with Gasteiger partial charge >= 0.3 is 0 Å². The highest BCUT2D eigenvalue weighted by Crippen LogP contribution is 2.25. The number of allylic oxidation sites excluding steroid dienone is 1. The summed E-state index contributed by atoms with van der Waals surface area (Å²) in [7, 11) is 0. The molecule has 114 valence electrons. The van der Waals surface area contributed by atoms with E-state index in [2.05, 4.69) is 11.4 Å². The first kappa shape index (κ1) is 15.6. The fourth-order valence-electron chi connectivity index (χ4n) is 3.07. The lowest BCUT2D eigenvalue weighted by Crippen LogP contribution is -2.46. The number of rotatable bonds is 4. The van der Waals surface area contributed by atoms with Gasteiger partial charge in [0.25, 0.3) is 0 Å². The van der Waals surface area contributed by atoms with Crippen LogP contribution in [0.25, 0.3) is 0 Å². The Morgan fingerprint density at radius 1 is 1.19 bits per heavy atom. The Bertz CT molecular complexity index is 439. The normalized spacial score (nSPS) is 20.6. The summed E-state index contributed by atoms with van der Waals surface area (Å²) in [6.07, 6.45) is 10.2. The zero-order chi connectivity index (χ0) is 15.1. The fourth-order valence-corrected chi connectivity index (χ4v) is 3.07. The van der Waals surface area contributed by atoms with E-state index >= 15 is 0 Å². The Labute approximate surface area is 126 Å². The summed E-state index contributed by atoms with van der Waals surface area (Å²) in [4.78, 5) is 25.3. The summed E-state index contributed by atoms with van der Waals surface area (Å²) in [5.41, 5.74) is 0. The van der Waals surface area contributed by atoms with Crippen molar-refractivity contribution in [1.29, 1.82) is 5.26 Å². The average molecular weight is 289 g/mol. The van der Waals surface area contributed by atoms with E-state index < -0.39 is 0 Å². The van der Waals surface area contributed by atoms with Crippen LogP contribution < -0.4 is 5.32 Å². The summed E-state index contributed by atoms with van der Waals surface area (Å²) >= 11 is 0. The van der Waals surface area contributed by atoms with Gasteiger partial charge in [0, 0.05) is 19.1 Å². The summed E-state index contributed by atoms with van der Waals surface area (Å²) in [6, 6.07) is 1.93. The van der Waals surface area contributed by atoms with Crippen molar-refractivity contribution >= 4 is 11.8 Å². The number of nitrogens with zero attached hydrogens (tertiary/aromatic N) is 2. The summed E-state index contributed by atoms with van der Waals surface area (Å²) in [5.74, 6) is 0.448. The molecule has 0 unspecified atom stereocenters. The van der Waals surface area contributed by atoms with Gasteiger partial charge in [-0.3, -0.25) is 9.59 Å². The molecule has 0 bridgehead atoms. The molecule has 2 rings (SSSR count).